The largest absolute Gasteiger partial charge is 0.348 e. The zero-order valence-electron chi connectivity index (χ0n) is 13.3. The molecule has 2 aromatic heterocycles. The summed E-state index contributed by atoms with van der Waals surface area (Å²) >= 11 is 0. The van der Waals surface area contributed by atoms with Gasteiger partial charge in [0.05, 0.1) is 0 Å². The summed E-state index contributed by atoms with van der Waals surface area (Å²) in [5.41, 5.74) is 11.9. The Morgan fingerprint density at radius 2 is 2.19 bits per heavy atom. The minimum atomic E-state index is 0.179. The third-order valence-electron chi connectivity index (χ3n) is 4.58. The van der Waals surface area contributed by atoms with Crippen LogP contribution in [-0.4, -0.2) is 9.55 Å². The van der Waals surface area contributed by atoms with E-state index in [1.807, 2.05) is 12.3 Å². The molecule has 0 bridgehead atoms. The summed E-state index contributed by atoms with van der Waals surface area (Å²) in [6.45, 7) is 7.82. The predicted octanol–water partition coefficient (Wildman–Crippen LogP) is 3.41. The number of fused-ring (bicyclic) bond motifs is 1. The lowest BCUT2D eigenvalue weighted by Gasteiger charge is -2.34. The van der Waals surface area contributed by atoms with Crippen molar-refractivity contribution in [3.8, 4) is 0 Å². The molecule has 3 heteroatoms. The SMILES string of the molecule is Cc1cc2c(n1CCc1ccccn1)CC(C)(C)CC2N. The van der Waals surface area contributed by atoms with E-state index in [1.54, 1.807) is 0 Å². The fourth-order valence-electron chi connectivity index (χ4n) is 3.59. The Labute approximate surface area is 127 Å². The normalized spacial score (nSPS) is 20.3. The van der Waals surface area contributed by atoms with Crippen LogP contribution < -0.4 is 5.73 Å². The lowest BCUT2D eigenvalue weighted by Crippen LogP contribution is -2.30. The molecule has 0 saturated carbocycles. The molecule has 1 aliphatic carbocycles. The van der Waals surface area contributed by atoms with Gasteiger partial charge in [-0.3, -0.25) is 4.98 Å². The van der Waals surface area contributed by atoms with Crippen LogP contribution in [0.15, 0.2) is 30.5 Å². The average Bonchev–Trinajstić information content (AvgIpc) is 2.73. The fraction of sp³-hybridized carbons (Fsp3) is 0.500. The molecule has 2 aromatic rings. The van der Waals surface area contributed by atoms with Crippen LogP contribution in [0.2, 0.25) is 0 Å². The molecule has 3 rings (SSSR count). The van der Waals surface area contributed by atoms with E-state index in [0.717, 1.165) is 31.5 Å². The molecule has 0 aromatic carbocycles. The monoisotopic (exact) mass is 283 g/mol. The van der Waals surface area contributed by atoms with Crippen molar-refractivity contribution < 1.29 is 0 Å². The number of pyridine rings is 1. The summed E-state index contributed by atoms with van der Waals surface area (Å²) in [6, 6.07) is 8.58. The first-order valence-electron chi connectivity index (χ1n) is 7.81. The van der Waals surface area contributed by atoms with Gasteiger partial charge in [0.25, 0.3) is 0 Å². The van der Waals surface area contributed by atoms with Gasteiger partial charge in [0.15, 0.2) is 0 Å². The Bertz CT molecular complexity index is 625. The molecule has 2 heterocycles. The molecule has 0 saturated heterocycles. The van der Waals surface area contributed by atoms with E-state index < -0.39 is 0 Å². The van der Waals surface area contributed by atoms with Crippen LogP contribution in [0.4, 0.5) is 0 Å². The van der Waals surface area contributed by atoms with Crippen LogP contribution in [-0.2, 0) is 19.4 Å². The van der Waals surface area contributed by atoms with Crippen molar-refractivity contribution in [1.82, 2.24) is 9.55 Å². The van der Waals surface area contributed by atoms with Gasteiger partial charge in [-0.2, -0.15) is 0 Å². The van der Waals surface area contributed by atoms with Crippen LogP contribution in [0, 0.1) is 12.3 Å². The molecule has 21 heavy (non-hydrogen) atoms. The Morgan fingerprint density at radius 3 is 2.90 bits per heavy atom. The van der Waals surface area contributed by atoms with Crippen molar-refractivity contribution in [1.29, 1.82) is 0 Å². The van der Waals surface area contributed by atoms with Crippen LogP contribution in [0.5, 0.6) is 0 Å². The first-order chi connectivity index (χ1) is 9.96. The highest BCUT2D eigenvalue weighted by molar-refractivity contribution is 5.34. The quantitative estimate of drug-likeness (QED) is 0.938. The van der Waals surface area contributed by atoms with Crippen LogP contribution in [0.25, 0.3) is 0 Å². The minimum Gasteiger partial charge on any atom is -0.348 e. The molecule has 0 radical (unpaired) electrons. The number of nitrogens with zero attached hydrogens (tertiary/aromatic N) is 2. The topological polar surface area (TPSA) is 43.8 Å². The van der Waals surface area contributed by atoms with Crippen molar-refractivity contribution in [3.05, 3.63) is 53.1 Å². The highest BCUT2D eigenvalue weighted by Crippen LogP contribution is 2.40. The lowest BCUT2D eigenvalue weighted by molar-refractivity contribution is 0.275. The molecule has 0 aliphatic heterocycles. The van der Waals surface area contributed by atoms with E-state index in [-0.39, 0.29) is 6.04 Å². The molecule has 0 amide bonds. The predicted molar refractivity (Wildman–Crippen MR) is 86.1 cm³/mol. The Morgan fingerprint density at radius 1 is 1.38 bits per heavy atom. The minimum absolute atomic E-state index is 0.179. The van der Waals surface area contributed by atoms with Gasteiger partial charge in [0.2, 0.25) is 0 Å². The molecule has 1 unspecified atom stereocenters. The number of nitrogens with two attached hydrogens (primary N) is 1. The van der Waals surface area contributed by atoms with Gasteiger partial charge in [0, 0.05) is 42.3 Å². The number of hydrogen-bond acceptors (Lipinski definition) is 2. The first kappa shape index (κ1) is 14.3. The third-order valence-corrected chi connectivity index (χ3v) is 4.58. The summed E-state index contributed by atoms with van der Waals surface area (Å²) in [5, 5.41) is 0. The summed E-state index contributed by atoms with van der Waals surface area (Å²) in [7, 11) is 0. The molecule has 1 atom stereocenters. The van der Waals surface area contributed by atoms with E-state index in [0.29, 0.717) is 5.41 Å². The zero-order chi connectivity index (χ0) is 15.0. The van der Waals surface area contributed by atoms with Crippen molar-refractivity contribution >= 4 is 0 Å². The molecule has 1 aliphatic rings. The van der Waals surface area contributed by atoms with E-state index in [2.05, 4.69) is 48.5 Å². The van der Waals surface area contributed by atoms with Gasteiger partial charge in [0.1, 0.15) is 0 Å². The fourth-order valence-corrected chi connectivity index (χ4v) is 3.59. The zero-order valence-corrected chi connectivity index (χ0v) is 13.3. The summed E-state index contributed by atoms with van der Waals surface area (Å²) in [4.78, 5) is 4.43. The molecule has 2 N–H and O–H groups in total. The molecule has 0 fully saturated rings. The van der Waals surface area contributed by atoms with Crippen molar-refractivity contribution in [2.24, 2.45) is 11.1 Å². The van der Waals surface area contributed by atoms with Gasteiger partial charge >= 0.3 is 0 Å². The van der Waals surface area contributed by atoms with E-state index in [4.69, 9.17) is 5.73 Å². The van der Waals surface area contributed by atoms with E-state index in [9.17, 15) is 0 Å². The van der Waals surface area contributed by atoms with Gasteiger partial charge in [-0.05, 0) is 48.9 Å². The Hall–Kier alpha value is -1.61. The highest BCUT2D eigenvalue weighted by atomic mass is 15.0. The summed E-state index contributed by atoms with van der Waals surface area (Å²) < 4.78 is 2.45. The Balaban J connectivity index is 1.86. The van der Waals surface area contributed by atoms with E-state index in [1.165, 1.54) is 17.0 Å². The van der Waals surface area contributed by atoms with Gasteiger partial charge in [-0.1, -0.05) is 19.9 Å². The maximum atomic E-state index is 6.39. The van der Waals surface area contributed by atoms with Crippen molar-refractivity contribution in [2.75, 3.05) is 0 Å². The molecule has 0 spiro atoms. The number of hydrogen-bond donors (Lipinski definition) is 1. The summed E-state index contributed by atoms with van der Waals surface area (Å²) in [6.07, 6.45) is 5.03. The lowest BCUT2D eigenvalue weighted by atomic mass is 9.74. The van der Waals surface area contributed by atoms with E-state index >= 15 is 0 Å². The number of rotatable bonds is 3. The van der Waals surface area contributed by atoms with Gasteiger partial charge < -0.3 is 10.3 Å². The smallest absolute Gasteiger partial charge is 0.0421 e. The Kier molecular flexibility index (Phi) is 3.62. The molecule has 3 nitrogen and oxygen atoms in total. The van der Waals surface area contributed by atoms with Gasteiger partial charge in [-0.25, -0.2) is 0 Å². The second-order valence-electron chi connectivity index (χ2n) is 7.06. The number of aryl methyl sites for hydroxylation is 2. The summed E-state index contributed by atoms with van der Waals surface area (Å²) in [5.74, 6) is 0. The maximum absolute atomic E-state index is 6.39. The molecule has 112 valence electrons. The van der Waals surface area contributed by atoms with Crippen LogP contribution >= 0.6 is 0 Å². The average molecular weight is 283 g/mol. The second kappa shape index (κ2) is 5.30. The standard InChI is InChI=1S/C18H25N3/c1-13-10-15-16(19)11-18(2,3)12-17(15)21(13)9-7-14-6-4-5-8-20-14/h4-6,8,10,16H,7,9,11-12,19H2,1-3H3. The van der Waals surface area contributed by atoms with Crippen molar-refractivity contribution in [3.63, 3.8) is 0 Å². The van der Waals surface area contributed by atoms with Gasteiger partial charge in [-0.15, -0.1) is 0 Å². The van der Waals surface area contributed by atoms with Crippen LogP contribution in [0.1, 0.15) is 49.0 Å². The van der Waals surface area contributed by atoms with Crippen molar-refractivity contribution in [2.45, 2.75) is 52.6 Å². The van der Waals surface area contributed by atoms with Crippen LogP contribution in [0.3, 0.4) is 0 Å². The first-order valence-corrected chi connectivity index (χ1v) is 7.81. The number of aromatic nitrogens is 2. The second-order valence-corrected chi connectivity index (χ2v) is 7.06. The maximum Gasteiger partial charge on any atom is 0.0421 e. The molecular formula is C18H25N3. The third kappa shape index (κ3) is 2.88. The molecular weight excluding hydrogens is 258 g/mol. The highest BCUT2D eigenvalue weighted by Gasteiger charge is 2.33.